The lowest BCUT2D eigenvalue weighted by molar-refractivity contribution is 0.0352. The molecule has 0 aromatic heterocycles. The Morgan fingerprint density at radius 2 is 2.08 bits per heavy atom. The predicted molar refractivity (Wildman–Crippen MR) is 57.7 cm³/mol. The Balaban J connectivity index is 2.40. The molecule has 0 saturated heterocycles. The molecule has 13 heavy (non-hydrogen) atoms. The number of nitrogens with two attached hydrogens (primary N) is 1. The van der Waals surface area contributed by atoms with Gasteiger partial charge in [0.05, 0.1) is 0 Å². The summed E-state index contributed by atoms with van der Waals surface area (Å²) >= 11 is 0. The van der Waals surface area contributed by atoms with Gasteiger partial charge in [0.2, 0.25) is 0 Å². The van der Waals surface area contributed by atoms with E-state index in [2.05, 4.69) is 25.8 Å². The highest BCUT2D eigenvalue weighted by molar-refractivity contribution is 4.97. The summed E-state index contributed by atoms with van der Waals surface area (Å²) in [4.78, 5) is 2.49. The summed E-state index contributed by atoms with van der Waals surface area (Å²) in [6.07, 6.45) is 5.24. The van der Waals surface area contributed by atoms with E-state index in [-0.39, 0.29) is 0 Å². The van der Waals surface area contributed by atoms with E-state index in [9.17, 15) is 0 Å². The van der Waals surface area contributed by atoms with Gasteiger partial charge in [-0.3, -0.25) is 4.90 Å². The van der Waals surface area contributed by atoms with Crippen LogP contribution in [0.4, 0.5) is 0 Å². The molecule has 0 bridgehead atoms. The first-order valence-electron chi connectivity index (χ1n) is 5.56. The van der Waals surface area contributed by atoms with Crippen molar-refractivity contribution in [3.63, 3.8) is 0 Å². The summed E-state index contributed by atoms with van der Waals surface area (Å²) < 4.78 is 0. The largest absolute Gasteiger partial charge is 0.329 e. The van der Waals surface area contributed by atoms with Crippen LogP contribution in [-0.2, 0) is 0 Å². The second-order valence-corrected chi connectivity index (χ2v) is 4.68. The van der Waals surface area contributed by atoms with Gasteiger partial charge in [0.15, 0.2) is 0 Å². The van der Waals surface area contributed by atoms with Crippen LogP contribution in [0.25, 0.3) is 0 Å². The van der Waals surface area contributed by atoms with Crippen LogP contribution in [0.3, 0.4) is 0 Å². The first kappa shape index (κ1) is 11.0. The molecule has 0 aromatic rings. The molecular weight excluding hydrogens is 160 g/mol. The highest BCUT2D eigenvalue weighted by atomic mass is 15.2. The Morgan fingerprint density at radius 3 is 2.38 bits per heavy atom. The lowest BCUT2D eigenvalue weighted by Crippen LogP contribution is -2.57. The molecule has 78 valence electrons. The number of hydrogen-bond donors (Lipinski definition) is 1. The van der Waals surface area contributed by atoms with Gasteiger partial charge in [-0.05, 0) is 32.2 Å². The van der Waals surface area contributed by atoms with E-state index < -0.39 is 0 Å². The second-order valence-electron chi connectivity index (χ2n) is 4.68. The highest BCUT2D eigenvalue weighted by Crippen LogP contribution is 2.36. The van der Waals surface area contributed by atoms with Crippen molar-refractivity contribution in [3.8, 4) is 0 Å². The summed E-state index contributed by atoms with van der Waals surface area (Å²) in [5.41, 5.74) is 6.21. The normalized spacial score (nSPS) is 22.8. The fraction of sp³-hybridized carbons (Fsp3) is 1.00. The number of likely N-dealkylation sites (N-methyl/N-ethyl adjacent to an activating group) is 1. The monoisotopic (exact) mass is 184 g/mol. The summed E-state index contributed by atoms with van der Waals surface area (Å²) in [7, 11) is 2.23. The third-order valence-corrected chi connectivity index (χ3v) is 3.76. The minimum Gasteiger partial charge on any atom is -0.329 e. The summed E-state index contributed by atoms with van der Waals surface area (Å²) in [6, 6.07) is 0. The van der Waals surface area contributed by atoms with Crippen LogP contribution in [0.1, 0.15) is 39.5 Å². The summed E-state index contributed by atoms with van der Waals surface area (Å²) in [5.74, 6) is 0.800. The van der Waals surface area contributed by atoms with Gasteiger partial charge >= 0.3 is 0 Å². The van der Waals surface area contributed by atoms with Crippen molar-refractivity contribution in [2.45, 2.75) is 45.1 Å². The maximum absolute atomic E-state index is 5.85. The van der Waals surface area contributed by atoms with E-state index in [1.807, 2.05) is 0 Å². The van der Waals surface area contributed by atoms with Crippen molar-refractivity contribution < 1.29 is 0 Å². The average molecular weight is 184 g/mol. The quantitative estimate of drug-likeness (QED) is 0.706. The maximum Gasteiger partial charge on any atom is 0.0328 e. The van der Waals surface area contributed by atoms with E-state index in [0.717, 1.165) is 12.5 Å². The molecule has 2 N–H and O–H groups in total. The van der Waals surface area contributed by atoms with Crippen molar-refractivity contribution in [2.75, 3.05) is 20.1 Å². The van der Waals surface area contributed by atoms with Gasteiger partial charge in [0, 0.05) is 18.6 Å². The minimum absolute atomic E-state index is 0.365. The van der Waals surface area contributed by atoms with Gasteiger partial charge in [-0.25, -0.2) is 0 Å². The predicted octanol–water partition coefficient (Wildman–Crippen LogP) is 1.85. The molecular formula is C11H24N2. The van der Waals surface area contributed by atoms with E-state index in [0.29, 0.717) is 5.54 Å². The molecule has 1 aliphatic rings. The van der Waals surface area contributed by atoms with Crippen LogP contribution in [0, 0.1) is 5.92 Å². The average Bonchev–Trinajstić information content (AvgIpc) is 2.03. The smallest absolute Gasteiger partial charge is 0.0328 e. The Bertz CT molecular complexity index is 147. The van der Waals surface area contributed by atoms with E-state index in [1.165, 1.54) is 32.2 Å². The van der Waals surface area contributed by atoms with Crippen molar-refractivity contribution in [1.82, 2.24) is 4.90 Å². The standard InChI is InChI=1S/C11H24N2/c1-4-10(2)8-13(3)11(9-12)6-5-7-11/h10H,4-9,12H2,1-3H3. The Labute approximate surface area is 82.5 Å². The molecule has 2 heteroatoms. The first-order valence-corrected chi connectivity index (χ1v) is 5.56. The first-order chi connectivity index (χ1) is 6.14. The zero-order valence-electron chi connectivity index (χ0n) is 9.34. The van der Waals surface area contributed by atoms with Crippen molar-refractivity contribution in [1.29, 1.82) is 0 Å². The molecule has 2 nitrogen and oxygen atoms in total. The molecule has 1 atom stereocenters. The van der Waals surface area contributed by atoms with Crippen molar-refractivity contribution >= 4 is 0 Å². The fourth-order valence-electron chi connectivity index (χ4n) is 2.12. The van der Waals surface area contributed by atoms with Gasteiger partial charge in [-0.2, -0.15) is 0 Å². The molecule has 1 aliphatic carbocycles. The number of nitrogens with zero attached hydrogens (tertiary/aromatic N) is 1. The Morgan fingerprint density at radius 1 is 1.46 bits per heavy atom. The van der Waals surface area contributed by atoms with Gasteiger partial charge < -0.3 is 5.73 Å². The van der Waals surface area contributed by atoms with Crippen LogP contribution in [0.2, 0.25) is 0 Å². The lowest BCUT2D eigenvalue weighted by Gasteiger charge is -2.49. The third kappa shape index (κ3) is 2.23. The molecule has 0 aromatic carbocycles. The molecule has 1 saturated carbocycles. The Hall–Kier alpha value is -0.0800. The second kappa shape index (κ2) is 4.43. The van der Waals surface area contributed by atoms with Crippen LogP contribution >= 0.6 is 0 Å². The van der Waals surface area contributed by atoms with Crippen LogP contribution < -0.4 is 5.73 Å². The van der Waals surface area contributed by atoms with Gasteiger partial charge in [0.25, 0.3) is 0 Å². The molecule has 1 fully saturated rings. The number of hydrogen-bond acceptors (Lipinski definition) is 2. The van der Waals surface area contributed by atoms with Gasteiger partial charge in [0.1, 0.15) is 0 Å². The van der Waals surface area contributed by atoms with Crippen LogP contribution in [0.5, 0.6) is 0 Å². The third-order valence-electron chi connectivity index (χ3n) is 3.76. The lowest BCUT2D eigenvalue weighted by atomic mass is 9.75. The molecule has 0 heterocycles. The molecule has 0 radical (unpaired) electrons. The topological polar surface area (TPSA) is 29.3 Å². The van der Waals surface area contributed by atoms with E-state index in [1.54, 1.807) is 0 Å². The van der Waals surface area contributed by atoms with E-state index in [4.69, 9.17) is 5.73 Å². The molecule has 0 amide bonds. The van der Waals surface area contributed by atoms with Crippen molar-refractivity contribution in [3.05, 3.63) is 0 Å². The molecule has 1 unspecified atom stereocenters. The Kier molecular flexibility index (Phi) is 3.74. The molecule has 0 spiro atoms. The molecule has 0 aliphatic heterocycles. The van der Waals surface area contributed by atoms with Gasteiger partial charge in [-0.1, -0.05) is 20.3 Å². The maximum atomic E-state index is 5.85. The zero-order valence-corrected chi connectivity index (χ0v) is 9.34. The molecule has 1 rings (SSSR count). The highest BCUT2D eigenvalue weighted by Gasteiger charge is 2.39. The fourth-order valence-corrected chi connectivity index (χ4v) is 2.12. The number of rotatable bonds is 5. The summed E-state index contributed by atoms with van der Waals surface area (Å²) in [5, 5.41) is 0. The van der Waals surface area contributed by atoms with Crippen molar-refractivity contribution in [2.24, 2.45) is 11.7 Å². The zero-order chi connectivity index (χ0) is 9.90. The van der Waals surface area contributed by atoms with Crippen LogP contribution in [-0.4, -0.2) is 30.6 Å². The van der Waals surface area contributed by atoms with Crippen LogP contribution in [0.15, 0.2) is 0 Å². The SMILES string of the molecule is CCC(C)CN(C)C1(CN)CCC1. The minimum atomic E-state index is 0.365. The summed E-state index contributed by atoms with van der Waals surface area (Å²) in [6.45, 7) is 6.61. The van der Waals surface area contributed by atoms with E-state index >= 15 is 0 Å². The van der Waals surface area contributed by atoms with Gasteiger partial charge in [-0.15, -0.1) is 0 Å².